The van der Waals surface area contributed by atoms with E-state index in [0.29, 0.717) is 5.91 Å². The molecule has 0 spiro atoms. The predicted octanol–water partition coefficient (Wildman–Crippen LogP) is 6.99. The second-order valence-corrected chi connectivity index (χ2v) is 8.46. The van der Waals surface area contributed by atoms with Gasteiger partial charge >= 0.3 is 0 Å². The zero-order chi connectivity index (χ0) is 21.6. The lowest BCUT2D eigenvalue weighted by atomic mass is 10.1. The normalized spacial score (nSPS) is 11.9. The molecule has 0 aromatic rings. The Morgan fingerprint density at radius 1 is 0.690 bits per heavy atom. The molecular formula is C26H50N2O. The Bertz CT molecular complexity index is 415. The van der Waals surface area contributed by atoms with Crippen LogP contribution in [0.25, 0.3) is 0 Å². The van der Waals surface area contributed by atoms with Crippen LogP contribution < -0.4 is 0 Å². The summed E-state index contributed by atoms with van der Waals surface area (Å²) in [5.41, 5.74) is 0. The molecule has 0 unspecified atom stereocenters. The third-order valence-electron chi connectivity index (χ3n) is 5.36. The number of amides is 1. The summed E-state index contributed by atoms with van der Waals surface area (Å²) in [7, 11) is 4.21. The molecule has 0 atom stereocenters. The second-order valence-electron chi connectivity index (χ2n) is 8.46. The molecule has 3 nitrogen and oxygen atoms in total. The highest BCUT2D eigenvalue weighted by Gasteiger charge is 2.10. The molecule has 0 rings (SSSR count). The average molecular weight is 407 g/mol. The fraction of sp³-hybridized carbons (Fsp3) is 0.808. The smallest absolute Gasteiger partial charge is 0.222 e. The van der Waals surface area contributed by atoms with Crippen molar-refractivity contribution in [3.05, 3.63) is 24.3 Å². The van der Waals surface area contributed by atoms with Gasteiger partial charge < -0.3 is 9.80 Å². The molecule has 0 radical (unpaired) electrons. The van der Waals surface area contributed by atoms with Crippen molar-refractivity contribution in [2.75, 3.05) is 33.7 Å². The summed E-state index contributed by atoms with van der Waals surface area (Å²) in [5, 5.41) is 0. The largest absolute Gasteiger partial charge is 0.343 e. The summed E-state index contributed by atoms with van der Waals surface area (Å²) >= 11 is 0. The van der Waals surface area contributed by atoms with Gasteiger partial charge in [-0.3, -0.25) is 4.79 Å². The van der Waals surface area contributed by atoms with Crippen molar-refractivity contribution in [3.8, 4) is 0 Å². The summed E-state index contributed by atoms with van der Waals surface area (Å²) in [6.45, 7) is 7.22. The number of carbonyl (C=O) groups is 1. The summed E-state index contributed by atoms with van der Waals surface area (Å²) in [4.78, 5) is 16.6. The van der Waals surface area contributed by atoms with Gasteiger partial charge in [-0.1, -0.05) is 63.3 Å². The lowest BCUT2D eigenvalue weighted by Gasteiger charge is -2.21. The monoisotopic (exact) mass is 406 g/mol. The Kier molecular flexibility index (Phi) is 20.8. The van der Waals surface area contributed by atoms with Crippen LogP contribution >= 0.6 is 0 Å². The Morgan fingerprint density at radius 3 is 1.90 bits per heavy atom. The van der Waals surface area contributed by atoms with Crippen molar-refractivity contribution in [3.63, 3.8) is 0 Å². The van der Waals surface area contributed by atoms with Gasteiger partial charge in [-0.05, 0) is 78.9 Å². The lowest BCUT2D eigenvalue weighted by Crippen LogP contribution is -2.31. The van der Waals surface area contributed by atoms with Crippen LogP contribution in [0.3, 0.4) is 0 Å². The maximum atomic E-state index is 12.3. The van der Waals surface area contributed by atoms with Crippen molar-refractivity contribution < 1.29 is 4.79 Å². The van der Waals surface area contributed by atoms with Gasteiger partial charge in [0.25, 0.3) is 0 Å². The van der Waals surface area contributed by atoms with E-state index in [9.17, 15) is 4.79 Å². The molecule has 0 aliphatic heterocycles. The first-order valence-electron chi connectivity index (χ1n) is 12.3. The molecule has 0 aliphatic rings. The molecule has 0 heterocycles. The summed E-state index contributed by atoms with van der Waals surface area (Å²) in [5.74, 6) is 0.350. The third-order valence-corrected chi connectivity index (χ3v) is 5.36. The summed E-state index contributed by atoms with van der Waals surface area (Å²) < 4.78 is 0. The Balaban J connectivity index is 3.53. The molecule has 0 bridgehead atoms. The molecule has 0 fully saturated rings. The van der Waals surface area contributed by atoms with Gasteiger partial charge in [0.15, 0.2) is 0 Å². The van der Waals surface area contributed by atoms with Gasteiger partial charge in [-0.15, -0.1) is 0 Å². The lowest BCUT2D eigenvalue weighted by molar-refractivity contribution is -0.131. The van der Waals surface area contributed by atoms with Gasteiger partial charge in [-0.25, -0.2) is 0 Å². The molecule has 0 aromatic carbocycles. The van der Waals surface area contributed by atoms with Crippen LogP contribution in [0.2, 0.25) is 0 Å². The number of hydrogen-bond acceptors (Lipinski definition) is 2. The van der Waals surface area contributed by atoms with E-state index in [4.69, 9.17) is 0 Å². The standard InChI is InChI=1S/C26H50N2O/c1-5-7-8-9-10-11-12-13-14-15-16-17-18-19-20-23-26(29)28(6-2)25-22-21-24-27(3)4/h10-11,13-14H,5-9,12,15-25H2,1-4H3/b11-10-,14-13-. The van der Waals surface area contributed by atoms with Crippen LogP contribution in [-0.4, -0.2) is 49.4 Å². The van der Waals surface area contributed by atoms with Crippen molar-refractivity contribution in [2.24, 2.45) is 0 Å². The van der Waals surface area contributed by atoms with Crippen molar-refractivity contribution in [2.45, 2.75) is 104 Å². The Labute approximate surface area is 182 Å². The van der Waals surface area contributed by atoms with Crippen molar-refractivity contribution in [1.29, 1.82) is 0 Å². The van der Waals surface area contributed by atoms with Crippen molar-refractivity contribution >= 4 is 5.91 Å². The average Bonchev–Trinajstić information content (AvgIpc) is 2.70. The first kappa shape index (κ1) is 27.9. The maximum absolute atomic E-state index is 12.3. The minimum atomic E-state index is 0.350. The zero-order valence-corrected chi connectivity index (χ0v) is 20.1. The molecule has 170 valence electrons. The molecular weight excluding hydrogens is 356 g/mol. The summed E-state index contributed by atoms with van der Waals surface area (Å²) in [6, 6.07) is 0. The van der Waals surface area contributed by atoms with E-state index in [1.807, 2.05) is 4.90 Å². The van der Waals surface area contributed by atoms with E-state index in [2.05, 4.69) is 57.1 Å². The minimum absolute atomic E-state index is 0.350. The minimum Gasteiger partial charge on any atom is -0.343 e. The van der Waals surface area contributed by atoms with Crippen LogP contribution in [0, 0.1) is 0 Å². The fourth-order valence-electron chi connectivity index (χ4n) is 3.44. The van der Waals surface area contributed by atoms with Crippen LogP contribution in [0.15, 0.2) is 24.3 Å². The van der Waals surface area contributed by atoms with Gasteiger partial charge in [0.2, 0.25) is 5.91 Å². The highest BCUT2D eigenvalue weighted by Crippen LogP contribution is 2.10. The highest BCUT2D eigenvalue weighted by molar-refractivity contribution is 5.76. The number of allylic oxidation sites excluding steroid dienone is 4. The topological polar surface area (TPSA) is 23.6 Å². The number of hydrogen-bond donors (Lipinski definition) is 0. The number of carbonyl (C=O) groups excluding carboxylic acids is 1. The van der Waals surface area contributed by atoms with Crippen LogP contribution in [0.4, 0.5) is 0 Å². The quantitative estimate of drug-likeness (QED) is 0.161. The molecule has 1 amide bonds. The molecule has 0 aliphatic carbocycles. The first-order chi connectivity index (χ1) is 14.1. The first-order valence-corrected chi connectivity index (χ1v) is 12.3. The van der Waals surface area contributed by atoms with Crippen LogP contribution in [-0.2, 0) is 4.79 Å². The maximum Gasteiger partial charge on any atom is 0.222 e. The molecule has 3 heteroatoms. The SMILES string of the molecule is CCCCC/C=C\C/C=C\CCCCCCCC(=O)N(CC)CCCCN(C)C. The molecule has 0 saturated carbocycles. The van der Waals surface area contributed by atoms with E-state index < -0.39 is 0 Å². The van der Waals surface area contributed by atoms with Crippen LogP contribution in [0.5, 0.6) is 0 Å². The van der Waals surface area contributed by atoms with E-state index in [1.54, 1.807) is 0 Å². The molecule has 0 N–H and O–H groups in total. The summed E-state index contributed by atoms with van der Waals surface area (Å²) in [6.07, 6.45) is 25.8. The van der Waals surface area contributed by atoms with Gasteiger partial charge in [0, 0.05) is 19.5 Å². The van der Waals surface area contributed by atoms with E-state index in [-0.39, 0.29) is 0 Å². The third kappa shape index (κ3) is 20.0. The number of nitrogens with zero attached hydrogens (tertiary/aromatic N) is 2. The van der Waals surface area contributed by atoms with Gasteiger partial charge in [-0.2, -0.15) is 0 Å². The van der Waals surface area contributed by atoms with Gasteiger partial charge in [0.1, 0.15) is 0 Å². The van der Waals surface area contributed by atoms with Crippen molar-refractivity contribution in [1.82, 2.24) is 9.80 Å². The number of rotatable bonds is 20. The molecule has 0 aromatic heterocycles. The van der Waals surface area contributed by atoms with E-state index in [0.717, 1.165) is 45.3 Å². The molecule has 29 heavy (non-hydrogen) atoms. The second kappa shape index (κ2) is 21.6. The van der Waals surface area contributed by atoms with E-state index in [1.165, 1.54) is 64.2 Å². The fourth-order valence-corrected chi connectivity index (χ4v) is 3.44. The molecule has 0 saturated heterocycles. The van der Waals surface area contributed by atoms with Crippen LogP contribution in [0.1, 0.15) is 104 Å². The number of unbranched alkanes of at least 4 members (excludes halogenated alkanes) is 9. The Morgan fingerprint density at radius 2 is 1.28 bits per heavy atom. The van der Waals surface area contributed by atoms with Gasteiger partial charge in [0.05, 0.1) is 0 Å². The Hall–Kier alpha value is -1.09. The predicted molar refractivity (Wildman–Crippen MR) is 129 cm³/mol. The zero-order valence-electron chi connectivity index (χ0n) is 20.1. The van der Waals surface area contributed by atoms with E-state index >= 15 is 0 Å². The highest BCUT2D eigenvalue weighted by atomic mass is 16.2.